The first-order valence-corrected chi connectivity index (χ1v) is 9.02. The van der Waals surface area contributed by atoms with Gasteiger partial charge in [-0.25, -0.2) is 4.99 Å². The summed E-state index contributed by atoms with van der Waals surface area (Å²) in [5.41, 5.74) is 1.13. The summed E-state index contributed by atoms with van der Waals surface area (Å²) in [4.78, 5) is 6.74. The first-order valence-electron chi connectivity index (χ1n) is 9.02. The number of nitrogens with one attached hydrogen (secondary N) is 2. The number of likely N-dealkylation sites (N-methyl/N-ethyl adjacent to an activating group) is 1. The average molecular weight is 374 g/mol. The lowest BCUT2D eigenvalue weighted by Gasteiger charge is -2.26. The molecule has 0 radical (unpaired) electrons. The van der Waals surface area contributed by atoms with E-state index in [0.717, 1.165) is 35.3 Å². The molecule has 1 heterocycles. The number of furan rings is 1. The number of benzene rings is 1. The van der Waals surface area contributed by atoms with Crippen molar-refractivity contribution in [3.63, 3.8) is 0 Å². The Kier molecular flexibility index (Phi) is 8.00. The molecule has 0 aliphatic carbocycles. The van der Waals surface area contributed by atoms with Gasteiger partial charge in [0.1, 0.15) is 12.3 Å². The van der Waals surface area contributed by atoms with Crippen molar-refractivity contribution in [2.45, 2.75) is 19.5 Å². The molecule has 2 N–H and O–H groups in total. The number of ether oxygens (including phenoxy) is 2. The summed E-state index contributed by atoms with van der Waals surface area (Å²) in [6, 6.07) is 9.92. The summed E-state index contributed by atoms with van der Waals surface area (Å²) in [5.74, 6) is 3.03. The number of methoxy groups -OCH3 is 2. The number of aliphatic imine (C=N–C) groups is 1. The maximum atomic E-state index is 5.44. The van der Waals surface area contributed by atoms with Crippen molar-refractivity contribution in [2.24, 2.45) is 4.99 Å². The molecule has 27 heavy (non-hydrogen) atoms. The standard InChI is InChI=1S/C20H30N4O3/c1-6-21-20(22-13-16-8-7-11-27-16)23-14-17(24(2)3)15-9-10-18(25-4)19(12-15)26-5/h7-12,17H,6,13-14H2,1-5H3,(H2,21,22,23). The molecule has 1 atom stereocenters. The minimum absolute atomic E-state index is 0.136. The summed E-state index contributed by atoms with van der Waals surface area (Å²) >= 11 is 0. The minimum atomic E-state index is 0.136. The van der Waals surface area contributed by atoms with Crippen molar-refractivity contribution in [1.29, 1.82) is 0 Å². The van der Waals surface area contributed by atoms with Gasteiger partial charge in [0.25, 0.3) is 0 Å². The first-order chi connectivity index (χ1) is 13.1. The van der Waals surface area contributed by atoms with Gasteiger partial charge in [0, 0.05) is 13.1 Å². The molecule has 0 bridgehead atoms. The van der Waals surface area contributed by atoms with Crippen LogP contribution in [0.2, 0.25) is 0 Å². The zero-order valence-corrected chi connectivity index (χ0v) is 16.8. The molecule has 0 aliphatic rings. The highest BCUT2D eigenvalue weighted by Crippen LogP contribution is 2.31. The molecule has 1 aromatic carbocycles. The van der Waals surface area contributed by atoms with Gasteiger partial charge < -0.3 is 29.4 Å². The molecule has 148 valence electrons. The number of rotatable bonds is 9. The van der Waals surface area contributed by atoms with Crippen LogP contribution in [0.25, 0.3) is 0 Å². The van der Waals surface area contributed by atoms with E-state index in [2.05, 4.69) is 40.7 Å². The van der Waals surface area contributed by atoms with Crippen LogP contribution in [0.1, 0.15) is 24.3 Å². The fraction of sp³-hybridized carbons (Fsp3) is 0.450. The van der Waals surface area contributed by atoms with E-state index in [1.165, 1.54) is 0 Å². The van der Waals surface area contributed by atoms with E-state index in [9.17, 15) is 0 Å². The Balaban J connectivity index is 2.11. The Bertz CT molecular complexity index is 714. The van der Waals surface area contributed by atoms with Gasteiger partial charge in [0.05, 0.1) is 26.5 Å². The van der Waals surface area contributed by atoms with Crippen LogP contribution in [0.3, 0.4) is 0 Å². The van der Waals surface area contributed by atoms with Crippen LogP contribution >= 0.6 is 0 Å². The predicted octanol–water partition coefficient (Wildman–Crippen LogP) is 2.65. The molecule has 0 amide bonds. The summed E-state index contributed by atoms with van der Waals surface area (Å²) < 4.78 is 16.1. The van der Waals surface area contributed by atoms with Crippen molar-refractivity contribution >= 4 is 5.96 Å². The maximum Gasteiger partial charge on any atom is 0.191 e. The highest BCUT2D eigenvalue weighted by Gasteiger charge is 2.17. The second-order valence-corrected chi connectivity index (χ2v) is 6.25. The Morgan fingerprint density at radius 2 is 1.93 bits per heavy atom. The van der Waals surface area contributed by atoms with Gasteiger partial charge in [-0.3, -0.25) is 0 Å². The van der Waals surface area contributed by atoms with Gasteiger partial charge in [-0.2, -0.15) is 0 Å². The number of nitrogens with zero attached hydrogens (tertiary/aromatic N) is 2. The Hall–Kier alpha value is -2.67. The van der Waals surface area contributed by atoms with E-state index in [-0.39, 0.29) is 6.04 Å². The third-order valence-corrected chi connectivity index (χ3v) is 4.20. The summed E-state index contributed by atoms with van der Waals surface area (Å²) in [6.07, 6.45) is 1.66. The molecule has 1 aromatic heterocycles. The molecular formula is C20H30N4O3. The third-order valence-electron chi connectivity index (χ3n) is 4.20. The largest absolute Gasteiger partial charge is 0.493 e. The Morgan fingerprint density at radius 3 is 2.52 bits per heavy atom. The van der Waals surface area contributed by atoms with E-state index in [1.54, 1.807) is 20.5 Å². The summed E-state index contributed by atoms with van der Waals surface area (Å²) in [7, 11) is 7.39. The lowest BCUT2D eigenvalue weighted by Crippen LogP contribution is -2.41. The lowest BCUT2D eigenvalue weighted by molar-refractivity contribution is 0.295. The molecule has 0 aliphatic heterocycles. The molecule has 1 unspecified atom stereocenters. The highest BCUT2D eigenvalue weighted by atomic mass is 16.5. The zero-order valence-electron chi connectivity index (χ0n) is 16.8. The predicted molar refractivity (Wildman–Crippen MR) is 108 cm³/mol. The number of hydrogen-bond donors (Lipinski definition) is 2. The van der Waals surface area contributed by atoms with Crippen LogP contribution in [0.5, 0.6) is 11.5 Å². The monoisotopic (exact) mass is 374 g/mol. The Labute approximate surface area is 161 Å². The van der Waals surface area contributed by atoms with Crippen LogP contribution in [0.15, 0.2) is 46.0 Å². The molecule has 7 nitrogen and oxygen atoms in total. The van der Waals surface area contributed by atoms with Gasteiger partial charge in [-0.1, -0.05) is 6.07 Å². The molecule has 0 fully saturated rings. The molecule has 2 aromatic rings. The van der Waals surface area contributed by atoms with Crippen LogP contribution in [0, 0.1) is 0 Å². The van der Waals surface area contributed by atoms with Crippen LogP contribution in [-0.4, -0.2) is 52.3 Å². The molecule has 2 rings (SSSR count). The van der Waals surface area contributed by atoms with E-state index >= 15 is 0 Å². The summed E-state index contributed by atoms with van der Waals surface area (Å²) in [5, 5.41) is 6.68. The van der Waals surface area contributed by atoms with E-state index in [0.29, 0.717) is 13.1 Å². The van der Waals surface area contributed by atoms with Crippen LogP contribution in [0.4, 0.5) is 0 Å². The topological polar surface area (TPSA) is 71.3 Å². The molecule has 0 saturated carbocycles. The lowest BCUT2D eigenvalue weighted by atomic mass is 10.1. The van der Waals surface area contributed by atoms with Gasteiger partial charge in [-0.15, -0.1) is 0 Å². The normalized spacial score (nSPS) is 12.7. The van der Waals surface area contributed by atoms with Gasteiger partial charge in [0.2, 0.25) is 0 Å². The van der Waals surface area contributed by atoms with E-state index in [4.69, 9.17) is 13.9 Å². The van der Waals surface area contributed by atoms with E-state index < -0.39 is 0 Å². The Morgan fingerprint density at radius 1 is 1.15 bits per heavy atom. The quantitative estimate of drug-likeness (QED) is 0.519. The SMILES string of the molecule is CCNC(=NCc1ccco1)NCC(c1ccc(OC)c(OC)c1)N(C)C. The van der Waals surface area contributed by atoms with Crippen LogP contribution < -0.4 is 20.1 Å². The molecular weight excluding hydrogens is 344 g/mol. The number of guanidine groups is 1. The van der Waals surface area contributed by atoms with Gasteiger partial charge in [0.15, 0.2) is 17.5 Å². The smallest absolute Gasteiger partial charge is 0.191 e. The van der Waals surface area contributed by atoms with Gasteiger partial charge >= 0.3 is 0 Å². The fourth-order valence-electron chi connectivity index (χ4n) is 2.75. The molecule has 0 spiro atoms. The summed E-state index contributed by atoms with van der Waals surface area (Å²) in [6.45, 7) is 4.01. The molecule has 7 heteroatoms. The second-order valence-electron chi connectivity index (χ2n) is 6.25. The average Bonchev–Trinajstić information content (AvgIpc) is 3.19. The van der Waals surface area contributed by atoms with Crippen molar-refractivity contribution in [1.82, 2.24) is 15.5 Å². The zero-order chi connectivity index (χ0) is 19.6. The van der Waals surface area contributed by atoms with Crippen LogP contribution in [-0.2, 0) is 6.54 Å². The van der Waals surface area contributed by atoms with Crippen molar-refractivity contribution in [3.05, 3.63) is 47.9 Å². The second kappa shape index (κ2) is 10.5. The van der Waals surface area contributed by atoms with Crippen molar-refractivity contribution < 1.29 is 13.9 Å². The van der Waals surface area contributed by atoms with Crippen molar-refractivity contribution in [3.8, 4) is 11.5 Å². The van der Waals surface area contributed by atoms with Gasteiger partial charge in [-0.05, 0) is 50.8 Å². The fourth-order valence-corrected chi connectivity index (χ4v) is 2.75. The van der Waals surface area contributed by atoms with Crippen molar-refractivity contribution in [2.75, 3.05) is 41.4 Å². The number of hydrogen-bond acceptors (Lipinski definition) is 5. The minimum Gasteiger partial charge on any atom is -0.493 e. The third kappa shape index (κ3) is 5.92. The first kappa shape index (κ1) is 20.6. The highest BCUT2D eigenvalue weighted by molar-refractivity contribution is 5.79. The maximum absolute atomic E-state index is 5.44. The molecule has 0 saturated heterocycles. The van der Waals surface area contributed by atoms with E-state index in [1.807, 2.05) is 31.2 Å².